The summed E-state index contributed by atoms with van der Waals surface area (Å²) in [4.78, 5) is 32.2. The van der Waals surface area contributed by atoms with Crippen LogP contribution >= 0.6 is 0 Å². The summed E-state index contributed by atoms with van der Waals surface area (Å²) in [6.45, 7) is 1.50. The van der Waals surface area contributed by atoms with Gasteiger partial charge in [0.2, 0.25) is 5.91 Å². The number of benzene rings is 3. The smallest absolute Gasteiger partial charge is 0.273 e. The summed E-state index contributed by atoms with van der Waals surface area (Å²) in [5, 5.41) is 13.4. The summed E-state index contributed by atoms with van der Waals surface area (Å²) in [6, 6.07) is 23.8. The Hall–Kier alpha value is -4.85. The lowest BCUT2D eigenvalue weighted by Crippen LogP contribution is -2.41. The molecule has 2 amide bonds. The molecule has 8 nitrogen and oxygen atoms in total. The van der Waals surface area contributed by atoms with Gasteiger partial charge in [-0.1, -0.05) is 30.3 Å². The number of ether oxygens (including phenoxy) is 2. The third kappa shape index (κ3) is 5.87. The third-order valence-electron chi connectivity index (χ3n) is 7.49. The van der Waals surface area contributed by atoms with Crippen LogP contribution in [0, 0.1) is 0 Å². The molecule has 208 valence electrons. The maximum atomic E-state index is 13.7. The Kier molecular flexibility index (Phi) is 7.54. The molecule has 0 saturated heterocycles. The molecule has 4 aromatic rings. The number of amides is 2. The molecular formula is C33H31N3O5. The van der Waals surface area contributed by atoms with Crippen molar-refractivity contribution in [3.63, 3.8) is 0 Å². The predicted molar refractivity (Wildman–Crippen MR) is 153 cm³/mol. The fraction of sp³-hybridized carbons (Fsp3) is 0.242. The number of aromatic nitrogens is 1. The van der Waals surface area contributed by atoms with Gasteiger partial charge in [0.1, 0.15) is 17.2 Å². The lowest BCUT2D eigenvalue weighted by molar-refractivity contribution is -0.121. The van der Waals surface area contributed by atoms with E-state index in [1.54, 1.807) is 36.5 Å². The minimum Gasteiger partial charge on any atom is -0.504 e. The fourth-order valence-electron chi connectivity index (χ4n) is 5.39. The molecule has 4 aliphatic rings. The first-order valence-corrected chi connectivity index (χ1v) is 13.9. The van der Waals surface area contributed by atoms with Gasteiger partial charge in [-0.2, -0.15) is 0 Å². The Bertz CT molecular complexity index is 1560. The molecule has 0 fully saturated rings. The van der Waals surface area contributed by atoms with Gasteiger partial charge in [-0.3, -0.25) is 14.6 Å². The van der Waals surface area contributed by atoms with E-state index in [0.29, 0.717) is 62.6 Å². The quantitative estimate of drug-likeness (QED) is 0.339. The summed E-state index contributed by atoms with van der Waals surface area (Å²) in [7, 11) is 0. The average molecular weight is 550 g/mol. The van der Waals surface area contributed by atoms with Crippen LogP contribution in [-0.4, -0.2) is 46.5 Å². The van der Waals surface area contributed by atoms with Crippen molar-refractivity contribution in [3.05, 3.63) is 113 Å². The summed E-state index contributed by atoms with van der Waals surface area (Å²) in [6.07, 6.45) is 3.81. The number of nitrogens with zero attached hydrogens (tertiary/aromatic N) is 2. The number of hydrogen-bond acceptors (Lipinski definition) is 6. The maximum Gasteiger partial charge on any atom is 0.273 e. The van der Waals surface area contributed by atoms with E-state index in [4.69, 9.17) is 9.47 Å². The number of carbonyl (C=O) groups is 2. The molecule has 3 aromatic carbocycles. The van der Waals surface area contributed by atoms with E-state index in [0.717, 1.165) is 28.0 Å². The normalized spacial score (nSPS) is 17.1. The van der Waals surface area contributed by atoms with Gasteiger partial charge in [-0.15, -0.1) is 0 Å². The third-order valence-corrected chi connectivity index (χ3v) is 7.49. The van der Waals surface area contributed by atoms with E-state index < -0.39 is 0 Å². The van der Waals surface area contributed by atoms with E-state index in [-0.39, 0.29) is 23.6 Å². The van der Waals surface area contributed by atoms with Gasteiger partial charge in [-0.25, -0.2) is 0 Å². The molecule has 0 spiro atoms. The number of carbonyl (C=O) groups excluding carboxylic acids is 2. The van der Waals surface area contributed by atoms with Crippen molar-refractivity contribution in [2.24, 2.45) is 0 Å². The first-order chi connectivity index (χ1) is 20.0. The molecular weight excluding hydrogens is 518 g/mol. The minimum atomic E-state index is -0.322. The molecule has 8 rings (SSSR count). The first kappa shape index (κ1) is 26.4. The average Bonchev–Trinajstić information content (AvgIpc) is 3.00. The van der Waals surface area contributed by atoms with Crippen LogP contribution in [0.4, 0.5) is 0 Å². The zero-order valence-electron chi connectivity index (χ0n) is 22.6. The molecule has 0 radical (unpaired) electrons. The first-order valence-electron chi connectivity index (χ1n) is 13.9. The van der Waals surface area contributed by atoms with Crippen LogP contribution in [0.15, 0.2) is 85.1 Å². The maximum absolute atomic E-state index is 13.7. The van der Waals surface area contributed by atoms with Gasteiger partial charge in [0.05, 0.1) is 12.6 Å². The Morgan fingerprint density at radius 3 is 2.63 bits per heavy atom. The van der Waals surface area contributed by atoms with Gasteiger partial charge in [0, 0.05) is 25.7 Å². The minimum absolute atomic E-state index is 0.0272. The Morgan fingerprint density at radius 2 is 1.80 bits per heavy atom. The monoisotopic (exact) mass is 549 g/mol. The van der Waals surface area contributed by atoms with Crippen molar-refractivity contribution in [2.45, 2.75) is 31.7 Å². The lowest BCUT2D eigenvalue weighted by Gasteiger charge is -2.38. The molecule has 8 heteroatoms. The standard InChI is InChI=1S/C33H31N3O5/c37-29-13-5-22-6-14-31(38)35-17-3-19-40-25-9-7-23(8-10-25)32-27-12-11-26(41-30(29)20-22)21-24(27)15-18-36(32)33(39)28-4-1-2-16-34-28/h1-2,4-5,7-13,16,20-21,32,37H,3,6,14-15,17-19H2,(H,35,38). The predicted octanol–water partition coefficient (Wildman–Crippen LogP) is 5.20. The van der Waals surface area contributed by atoms with E-state index >= 15 is 0 Å². The Labute approximate surface area is 238 Å². The number of fused-ring (bicyclic) bond motifs is 1. The van der Waals surface area contributed by atoms with Gasteiger partial charge in [0.15, 0.2) is 11.5 Å². The molecule has 1 aromatic heterocycles. The summed E-state index contributed by atoms with van der Waals surface area (Å²) in [5.41, 5.74) is 4.33. The van der Waals surface area contributed by atoms with Gasteiger partial charge >= 0.3 is 0 Å². The summed E-state index contributed by atoms with van der Waals surface area (Å²) in [5.74, 6) is 1.51. The van der Waals surface area contributed by atoms with Crippen LogP contribution in [-0.2, 0) is 17.6 Å². The number of aryl methyl sites for hydroxylation is 1. The molecule has 41 heavy (non-hydrogen) atoms. The topological polar surface area (TPSA) is 101 Å². The highest BCUT2D eigenvalue weighted by atomic mass is 16.5. The number of aromatic hydroxyl groups is 1. The van der Waals surface area contributed by atoms with Crippen molar-refractivity contribution in [1.29, 1.82) is 0 Å². The molecule has 1 atom stereocenters. The zero-order chi connectivity index (χ0) is 28.2. The van der Waals surface area contributed by atoms with E-state index in [9.17, 15) is 14.7 Å². The number of nitrogens with one attached hydrogen (secondary N) is 1. The van der Waals surface area contributed by atoms with Crippen LogP contribution in [0.25, 0.3) is 0 Å². The van der Waals surface area contributed by atoms with Crippen LogP contribution in [0.2, 0.25) is 0 Å². The second-order valence-electron chi connectivity index (χ2n) is 10.3. The summed E-state index contributed by atoms with van der Waals surface area (Å²) >= 11 is 0. The van der Waals surface area contributed by atoms with E-state index in [1.807, 2.05) is 53.4 Å². The Balaban J connectivity index is 1.38. The van der Waals surface area contributed by atoms with Crippen molar-refractivity contribution in [3.8, 4) is 23.0 Å². The van der Waals surface area contributed by atoms with Gasteiger partial charge in [-0.05, 0) is 90.0 Å². The molecule has 0 aliphatic carbocycles. The highest BCUT2D eigenvalue weighted by Gasteiger charge is 2.33. The number of pyridine rings is 1. The van der Waals surface area contributed by atoms with E-state index in [1.165, 1.54) is 0 Å². The SMILES string of the molecule is O=C1CCc2ccc(O)c(c2)Oc2ccc3c(c2)CCN(C(=O)c2ccccn2)C3c2ccc(cc2)OCCCN1. The van der Waals surface area contributed by atoms with Gasteiger partial charge in [0.25, 0.3) is 5.91 Å². The second-order valence-corrected chi connectivity index (χ2v) is 10.3. The highest BCUT2D eigenvalue weighted by molar-refractivity contribution is 5.93. The van der Waals surface area contributed by atoms with Crippen molar-refractivity contribution >= 4 is 11.8 Å². The van der Waals surface area contributed by atoms with Crippen LogP contribution in [0.3, 0.4) is 0 Å². The second kappa shape index (κ2) is 11.7. The number of hydrogen-bond donors (Lipinski definition) is 2. The number of rotatable bonds is 1. The van der Waals surface area contributed by atoms with Crippen molar-refractivity contribution in [2.75, 3.05) is 19.7 Å². The zero-order valence-corrected chi connectivity index (χ0v) is 22.6. The lowest BCUT2D eigenvalue weighted by atomic mass is 9.87. The summed E-state index contributed by atoms with van der Waals surface area (Å²) < 4.78 is 12.1. The fourth-order valence-corrected chi connectivity index (χ4v) is 5.39. The molecule has 8 bridgehead atoms. The van der Waals surface area contributed by atoms with E-state index in [2.05, 4.69) is 10.3 Å². The van der Waals surface area contributed by atoms with Crippen LogP contribution in [0.1, 0.15) is 51.6 Å². The molecule has 5 heterocycles. The molecule has 2 N–H and O–H groups in total. The largest absolute Gasteiger partial charge is 0.504 e. The van der Waals surface area contributed by atoms with Crippen molar-refractivity contribution in [1.82, 2.24) is 15.2 Å². The van der Waals surface area contributed by atoms with Crippen LogP contribution < -0.4 is 14.8 Å². The Morgan fingerprint density at radius 1 is 0.951 bits per heavy atom. The molecule has 1 unspecified atom stereocenters. The number of phenols is 1. The highest BCUT2D eigenvalue weighted by Crippen LogP contribution is 2.40. The van der Waals surface area contributed by atoms with Crippen LogP contribution in [0.5, 0.6) is 23.0 Å². The van der Waals surface area contributed by atoms with Gasteiger partial charge < -0.3 is 24.8 Å². The molecule has 0 saturated carbocycles. The van der Waals surface area contributed by atoms with Crippen molar-refractivity contribution < 1.29 is 24.2 Å². The molecule has 4 aliphatic heterocycles. The number of phenolic OH excluding ortho intramolecular Hbond substituents is 1.